The van der Waals surface area contributed by atoms with E-state index in [1.807, 2.05) is 12.3 Å². The minimum atomic E-state index is 0.675. The summed E-state index contributed by atoms with van der Waals surface area (Å²) in [5, 5.41) is 11.9. The van der Waals surface area contributed by atoms with Crippen molar-refractivity contribution in [1.29, 1.82) is 0 Å². The molecule has 1 heterocycles. The van der Waals surface area contributed by atoms with Crippen molar-refractivity contribution in [2.45, 2.75) is 25.3 Å². The van der Waals surface area contributed by atoms with E-state index in [9.17, 15) is 0 Å². The van der Waals surface area contributed by atoms with E-state index in [2.05, 4.69) is 21.6 Å². The Labute approximate surface area is 111 Å². The third kappa shape index (κ3) is 1.26. The quantitative estimate of drug-likeness (QED) is 0.722. The SMILES string of the molecule is Nc1cc2cn[nH]c2cc1NC1C2C3CCC(C3)C12. The lowest BCUT2D eigenvalue weighted by Crippen LogP contribution is -2.13. The molecule has 3 aliphatic rings. The van der Waals surface area contributed by atoms with Gasteiger partial charge in [-0.05, 0) is 55.1 Å². The Kier molecular flexibility index (Phi) is 1.73. The number of nitrogen functional groups attached to an aromatic ring is 1. The highest BCUT2D eigenvalue weighted by Gasteiger charge is 2.65. The third-order valence-corrected chi connectivity index (χ3v) is 5.67. The summed E-state index contributed by atoms with van der Waals surface area (Å²) in [4.78, 5) is 0. The highest BCUT2D eigenvalue weighted by molar-refractivity contribution is 5.88. The summed E-state index contributed by atoms with van der Waals surface area (Å²) in [5.41, 5.74) is 9.13. The average Bonchev–Trinajstić information content (AvgIpc) is 2.81. The van der Waals surface area contributed by atoms with Gasteiger partial charge in [-0.25, -0.2) is 0 Å². The summed E-state index contributed by atoms with van der Waals surface area (Å²) in [6.45, 7) is 0. The predicted molar refractivity (Wildman–Crippen MR) is 75.7 cm³/mol. The molecule has 0 spiro atoms. The maximum atomic E-state index is 6.15. The van der Waals surface area contributed by atoms with E-state index in [0.717, 1.165) is 45.9 Å². The van der Waals surface area contributed by atoms with Crippen LogP contribution in [0.25, 0.3) is 10.9 Å². The molecule has 4 atom stereocenters. The van der Waals surface area contributed by atoms with E-state index in [4.69, 9.17) is 5.73 Å². The van der Waals surface area contributed by atoms with Crippen molar-refractivity contribution in [1.82, 2.24) is 10.2 Å². The zero-order chi connectivity index (χ0) is 12.6. The Bertz CT molecular complexity index is 645. The van der Waals surface area contributed by atoms with E-state index < -0.39 is 0 Å². The number of hydrogen-bond acceptors (Lipinski definition) is 3. The molecule has 98 valence electrons. The Balaban J connectivity index is 1.45. The van der Waals surface area contributed by atoms with E-state index in [0.29, 0.717) is 6.04 Å². The van der Waals surface area contributed by atoms with Crippen molar-refractivity contribution in [2.24, 2.45) is 23.7 Å². The Morgan fingerprint density at radius 2 is 2.00 bits per heavy atom. The smallest absolute Gasteiger partial charge is 0.0672 e. The zero-order valence-corrected chi connectivity index (χ0v) is 10.8. The lowest BCUT2D eigenvalue weighted by Gasteiger charge is -2.13. The van der Waals surface area contributed by atoms with Gasteiger partial charge in [0, 0.05) is 11.4 Å². The normalized spacial score (nSPS) is 38.6. The van der Waals surface area contributed by atoms with Crippen LogP contribution in [0.5, 0.6) is 0 Å². The van der Waals surface area contributed by atoms with Gasteiger partial charge in [0.15, 0.2) is 0 Å². The molecular weight excluding hydrogens is 236 g/mol. The first-order chi connectivity index (χ1) is 9.31. The van der Waals surface area contributed by atoms with Crippen molar-refractivity contribution in [3.63, 3.8) is 0 Å². The minimum absolute atomic E-state index is 0.675. The lowest BCUT2D eigenvalue weighted by atomic mass is 10.0. The number of benzene rings is 1. The molecule has 1 aromatic carbocycles. The van der Waals surface area contributed by atoms with Crippen LogP contribution in [-0.2, 0) is 0 Å². The van der Waals surface area contributed by atoms with Gasteiger partial charge in [-0.3, -0.25) is 5.10 Å². The van der Waals surface area contributed by atoms with Gasteiger partial charge >= 0.3 is 0 Å². The fourth-order valence-corrected chi connectivity index (χ4v) is 4.83. The van der Waals surface area contributed by atoms with E-state index >= 15 is 0 Å². The van der Waals surface area contributed by atoms with Gasteiger partial charge in [-0.15, -0.1) is 0 Å². The summed E-state index contributed by atoms with van der Waals surface area (Å²) < 4.78 is 0. The Hall–Kier alpha value is -1.71. The van der Waals surface area contributed by atoms with Crippen LogP contribution in [0.4, 0.5) is 11.4 Å². The molecule has 2 bridgehead atoms. The second-order valence-corrected chi connectivity index (χ2v) is 6.55. The maximum Gasteiger partial charge on any atom is 0.0672 e. The van der Waals surface area contributed by atoms with Crippen molar-refractivity contribution in [3.05, 3.63) is 18.3 Å². The molecule has 1 aromatic heterocycles. The number of H-pyrrole nitrogens is 1. The topological polar surface area (TPSA) is 66.7 Å². The van der Waals surface area contributed by atoms with Crippen LogP contribution in [-0.4, -0.2) is 16.2 Å². The van der Waals surface area contributed by atoms with Gasteiger partial charge in [0.05, 0.1) is 23.1 Å². The number of aromatic amines is 1. The second-order valence-electron chi connectivity index (χ2n) is 6.55. The zero-order valence-electron chi connectivity index (χ0n) is 10.8. The van der Waals surface area contributed by atoms with Gasteiger partial charge in [0.2, 0.25) is 0 Å². The predicted octanol–water partition coefficient (Wildman–Crippen LogP) is 2.60. The first-order valence-electron chi connectivity index (χ1n) is 7.30. The van der Waals surface area contributed by atoms with E-state index in [-0.39, 0.29) is 0 Å². The monoisotopic (exact) mass is 254 g/mol. The Morgan fingerprint density at radius 1 is 1.21 bits per heavy atom. The average molecular weight is 254 g/mol. The lowest BCUT2D eigenvalue weighted by molar-refractivity contribution is 0.456. The number of nitrogens with two attached hydrogens (primary N) is 1. The van der Waals surface area contributed by atoms with Gasteiger partial charge in [-0.2, -0.15) is 5.10 Å². The van der Waals surface area contributed by atoms with E-state index in [1.54, 1.807) is 0 Å². The number of rotatable bonds is 2. The van der Waals surface area contributed by atoms with Crippen LogP contribution < -0.4 is 11.1 Å². The van der Waals surface area contributed by atoms with Crippen molar-refractivity contribution in [2.75, 3.05) is 11.1 Å². The molecular formula is C15H18N4. The van der Waals surface area contributed by atoms with Gasteiger partial charge < -0.3 is 11.1 Å². The number of anilines is 2. The van der Waals surface area contributed by atoms with Crippen LogP contribution >= 0.6 is 0 Å². The van der Waals surface area contributed by atoms with Crippen molar-refractivity contribution >= 4 is 22.3 Å². The van der Waals surface area contributed by atoms with Crippen LogP contribution in [0, 0.1) is 23.7 Å². The van der Waals surface area contributed by atoms with Gasteiger partial charge in [0.1, 0.15) is 0 Å². The minimum Gasteiger partial charge on any atom is -0.397 e. The summed E-state index contributed by atoms with van der Waals surface area (Å²) in [7, 11) is 0. The maximum absolute atomic E-state index is 6.15. The van der Waals surface area contributed by atoms with Crippen molar-refractivity contribution in [3.8, 4) is 0 Å². The summed E-state index contributed by atoms with van der Waals surface area (Å²) in [5.74, 6) is 3.83. The highest BCUT2D eigenvalue weighted by atomic mass is 15.1. The van der Waals surface area contributed by atoms with Crippen molar-refractivity contribution < 1.29 is 0 Å². The number of aromatic nitrogens is 2. The third-order valence-electron chi connectivity index (χ3n) is 5.67. The highest BCUT2D eigenvalue weighted by Crippen LogP contribution is 2.66. The number of nitrogens with zero attached hydrogens (tertiary/aromatic N) is 1. The molecule has 4 heteroatoms. The Morgan fingerprint density at radius 3 is 2.79 bits per heavy atom. The molecule has 0 radical (unpaired) electrons. The summed E-state index contributed by atoms with van der Waals surface area (Å²) >= 11 is 0. The van der Waals surface area contributed by atoms with E-state index in [1.165, 1.54) is 19.3 Å². The standard InChI is InChI=1S/C15H18N4/c16-10-4-9-6-17-19-11(9)5-12(10)18-15-13-7-1-2-8(3-7)14(13)15/h4-8,13-15,18H,1-3,16H2,(H,17,19). The number of hydrogen-bond donors (Lipinski definition) is 3. The molecule has 4 unspecified atom stereocenters. The summed E-state index contributed by atoms with van der Waals surface area (Å²) in [6, 6.07) is 4.79. The molecule has 2 aromatic rings. The molecule has 19 heavy (non-hydrogen) atoms. The fraction of sp³-hybridized carbons (Fsp3) is 0.533. The molecule has 0 saturated heterocycles. The molecule has 3 aliphatic carbocycles. The molecule has 5 rings (SSSR count). The number of nitrogens with one attached hydrogen (secondary N) is 2. The molecule has 0 aliphatic heterocycles. The largest absolute Gasteiger partial charge is 0.397 e. The van der Waals surface area contributed by atoms with Crippen LogP contribution in [0.15, 0.2) is 18.3 Å². The molecule has 3 fully saturated rings. The van der Waals surface area contributed by atoms with Crippen LogP contribution in [0.3, 0.4) is 0 Å². The first-order valence-corrected chi connectivity index (χ1v) is 7.30. The summed E-state index contributed by atoms with van der Waals surface area (Å²) in [6.07, 6.45) is 6.22. The molecule has 3 saturated carbocycles. The molecule has 4 nitrogen and oxygen atoms in total. The first kappa shape index (κ1) is 10.1. The molecule has 4 N–H and O–H groups in total. The van der Waals surface area contributed by atoms with Gasteiger partial charge in [0.25, 0.3) is 0 Å². The molecule has 0 amide bonds. The van der Waals surface area contributed by atoms with Gasteiger partial charge in [-0.1, -0.05) is 0 Å². The van der Waals surface area contributed by atoms with Crippen LogP contribution in [0.2, 0.25) is 0 Å². The second kappa shape index (κ2) is 3.24. The van der Waals surface area contributed by atoms with Crippen LogP contribution in [0.1, 0.15) is 19.3 Å². The number of fused-ring (bicyclic) bond motifs is 6. The fourth-order valence-electron chi connectivity index (χ4n) is 4.83.